The minimum absolute atomic E-state index is 0.441. The van der Waals surface area contributed by atoms with Crippen LogP contribution in [0.2, 0.25) is 0 Å². The standard InChI is InChI=1S/C12H13BrN2O2/c1-14-10(12(16)17)6-8-7-4-2-3-5-9(7)15-11(8)13/h2-5,10,14-15H,6H2,1H3,(H,16,17)/t10-/m0/s1. The molecule has 0 saturated carbocycles. The first-order valence-corrected chi connectivity index (χ1v) is 6.08. The van der Waals surface area contributed by atoms with E-state index >= 15 is 0 Å². The van der Waals surface area contributed by atoms with Crippen molar-refractivity contribution in [1.82, 2.24) is 10.3 Å². The van der Waals surface area contributed by atoms with Gasteiger partial charge in [-0.3, -0.25) is 4.79 Å². The van der Waals surface area contributed by atoms with Crippen molar-refractivity contribution in [1.29, 1.82) is 0 Å². The van der Waals surface area contributed by atoms with Crippen LogP contribution in [0.15, 0.2) is 28.9 Å². The van der Waals surface area contributed by atoms with Gasteiger partial charge < -0.3 is 15.4 Å². The fraction of sp³-hybridized carbons (Fsp3) is 0.250. The molecular weight excluding hydrogens is 284 g/mol. The van der Waals surface area contributed by atoms with E-state index in [9.17, 15) is 4.79 Å². The molecule has 0 unspecified atom stereocenters. The summed E-state index contributed by atoms with van der Waals surface area (Å²) in [6.07, 6.45) is 0.441. The third-order valence-corrected chi connectivity index (χ3v) is 3.49. The van der Waals surface area contributed by atoms with Crippen molar-refractivity contribution in [2.45, 2.75) is 12.5 Å². The largest absolute Gasteiger partial charge is 0.480 e. The molecule has 2 aromatic rings. The summed E-state index contributed by atoms with van der Waals surface area (Å²) >= 11 is 3.44. The lowest BCUT2D eigenvalue weighted by Crippen LogP contribution is -2.35. The molecule has 0 aliphatic carbocycles. The SMILES string of the molecule is CN[C@@H](Cc1c(Br)[nH]c2ccccc12)C(=O)O. The van der Waals surface area contributed by atoms with E-state index in [4.69, 9.17) is 5.11 Å². The maximum absolute atomic E-state index is 11.0. The van der Waals surface area contributed by atoms with Gasteiger partial charge in [-0.15, -0.1) is 0 Å². The molecule has 5 heteroatoms. The van der Waals surface area contributed by atoms with E-state index in [0.717, 1.165) is 21.1 Å². The summed E-state index contributed by atoms with van der Waals surface area (Å²) in [5.41, 5.74) is 2.00. The second-order valence-electron chi connectivity index (χ2n) is 3.85. The first kappa shape index (κ1) is 12.1. The Morgan fingerprint density at radius 3 is 2.88 bits per heavy atom. The number of aliphatic carboxylic acids is 1. The molecule has 2 rings (SSSR count). The van der Waals surface area contributed by atoms with Crippen LogP contribution in [-0.4, -0.2) is 29.1 Å². The average Bonchev–Trinajstić information content (AvgIpc) is 2.61. The number of aromatic amines is 1. The predicted molar refractivity (Wildman–Crippen MR) is 70.2 cm³/mol. The van der Waals surface area contributed by atoms with E-state index in [1.54, 1.807) is 7.05 Å². The van der Waals surface area contributed by atoms with Gasteiger partial charge in [0.05, 0.1) is 4.60 Å². The van der Waals surface area contributed by atoms with Gasteiger partial charge in [0.15, 0.2) is 0 Å². The molecule has 1 atom stereocenters. The third kappa shape index (κ3) is 2.35. The number of carboxylic acid groups (broad SMARTS) is 1. The van der Waals surface area contributed by atoms with Crippen LogP contribution in [0.25, 0.3) is 10.9 Å². The molecule has 0 fully saturated rings. The number of carboxylic acids is 1. The van der Waals surface area contributed by atoms with E-state index in [1.807, 2.05) is 24.3 Å². The van der Waals surface area contributed by atoms with Crippen molar-refractivity contribution in [3.05, 3.63) is 34.4 Å². The van der Waals surface area contributed by atoms with Crippen molar-refractivity contribution in [3.63, 3.8) is 0 Å². The monoisotopic (exact) mass is 296 g/mol. The molecule has 0 saturated heterocycles. The molecule has 1 aromatic carbocycles. The van der Waals surface area contributed by atoms with Gasteiger partial charge in [0.25, 0.3) is 0 Å². The summed E-state index contributed by atoms with van der Waals surface area (Å²) in [4.78, 5) is 14.2. The summed E-state index contributed by atoms with van der Waals surface area (Å²) < 4.78 is 0.847. The maximum atomic E-state index is 11.0. The van der Waals surface area contributed by atoms with Crippen LogP contribution in [0, 0.1) is 0 Å². The van der Waals surface area contributed by atoms with Crippen molar-refractivity contribution in [2.75, 3.05) is 7.05 Å². The molecule has 4 nitrogen and oxygen atoms in total. The van der Waals surface area contributed by atoms with Gasteiger partial charge in [0.2, 0.25) is 0 Å². The number of H-pyrrole nitrogens is 1. The molecule has 3 N–H and O–H groups in total. The first-order valence-electron chi connectivity index (χ1n) is 5.28. The molecule has 0 radical (unpaired) electrons. The lowest BCUT2D eigenvalue weighted by molar-refractivity contribution is -0.139. The van der Waals surface area contributed by atoms with Crippen LogP contribution >= 0.6 is 15.9 Å². The highest BCUT2D eigenvalue weighted by Crippen LogP contribution is 2.27. The zero-order chi connectivity index (χ0) is 12.4. The van der Waals surface area contributed by atoms with E-state index in [2.05, 4.69) is 26.2 Å². The van der Waals surface area contributed by atoms with E-state index in [1.165, 1.54) is 0 Å². The number of para-hydroxylation sites is 1. The Bertz CT molecular complexity index is 550. The number of hydrogen-bond donors (Lipinski definition) is 3. The fourth-order valence-corrected chi connectivity index (χ4v) is 2.47. The number of fused-ring (bicyclic) bond motifs is 1. The summed E-state index contributed by atoms with van der Waals surface area (Å²) in [6, 6.07) is 7.27. The fourth-order valence-electron chi connectivity index (χ4n) is 1.88. The predicted octanol–water partition coefficient (Wildman–Crippen LogP) is 2.15. The Morgan fingerprint density at radius 2 is 2.24 bits per heavy atom. The zero-order valence-corrected chi connectivity index (χ0v) is 10.9. The first-order chi connectivity index (χ1) is 8.13. The Labute approximate surface area is 107 Å². The van der Waals surface area contributed by atoms with Crippen LogP contribution in [0.1, 0.15) is 5.56 Å². The number of aromatic nitrogens is 1. The van der Waals surface area contributed by atoms with Crippen LogP contribution in [0.3, 0.4) is 0 Å². The van der Waals surface area contributed by atoms with E-state index in [0.29, 0.717) is 6.42 Å². The smallest absolute Gasteiger partial charge is 0.321 e. The Morgan fingerprint density at radius 1 is 1.53 bits per heavy atom. The second-order valence-corrected chi connectivity index (χ2v) is 4.64. The van der Waals surface area contributed by atoms with Gasteiger partial charge in [0, 0.05) is 17.3 Å². The number of nitrogens with one attached hydrogen (secondary N) is 2. The molecule has 0 bridgehead atoms. The Balaban J connectivity index is 2.41. The molecule has 90 valence electrons. The molecule has 0 aliphatic heterocycles. The van der Waals surface area contributed by atoms with Gasteiger partial charge in [-0.25, -0.2) is 0 Å². The number of rotatable bonds is 4. The van der Waals surface area contributed by atoms with Crippen molar-refractivity contribution >= 4 is 32.8 Å². The van der Waals surface area contributed by atoms with Crippen molar-refractivity contribution < 1.29 is 9.90 Å². The highest BCUT2D eigenvalue weighted by molar-refractivity contribution is 9.10. The number of likely N-dealkylation sites (N-methyl/N-ethyl adjacent to an activating group) is 1. The molecular formula is C12H13BrN2O2. The number of benzene rings is 1. The zero-order valence-electron chi connectivity index (χ0n) is 9.33. The summed E-state index contributed by atoms with van der Waals surface area (Å²) in [5.74, 6) is -0.843. The van der Waals surface area contributed by atoms with E-state index < -0.39 is 12.0 Å². The van der Waals surface area contributed by atoms with Gasteiger partial charge in [-0.1, -0.05) is 18.2 Å². The molecule has 0 amide bonds. The molecule has 1 aromatic heterocycles. The summed E-state index contributed by atoms with van der Waals surface area (Å²) in [6.45, 7) is 0. The lowest BCUT2D eigenvalue weighted by atomic mass is 10.1. The highest BCUT2D eigenvalue weighted by Gasteiger charge is 2.19. The molecule has 0 spiro atoms. The topological polar surface area (TPSA) is 65.1 Å². The number of carbonyl (C=O) groups is 1. The van der Waals surface area contributed by atoms with Gasteiger partial charge >= 0.3 is 5.97 Å². The van der Waals surface area contributed by atoms with Crippen LogP contribution in [-0.2, 0) is 11.2 Å². The van der Waals surface area contributed by atoms with Gasteiger partial charge in [-0.05, 0) is 34.6 Å². The van der Waals surface area contributed by atoms with Crippen molar-refractivity contribution in [3.8, 4) is 0 Å². The van der Waals surface area contributed by atoms with Crippen LogP contribution in [0.5, 0.6) is 0 Å². The molecule has 17 heavy (non-hydrogen) atoms. The summed E-state index contributed by atoms with van der Waals surface area (Å²) in [5, 5.41) is 12.9. The van der Waals surface area contributed by atoms with Gasteiger partial charge in [-0.2, -0.15) is 0 Å². The lowest BCUT2D eigenvalue weighted by Gasteiger charge is -2.10. The number of hydrogen-bond acceptors (Lipinski definition) is 2. The third-order valence-electron chi connectivity index (χ3n) is 2.82. The maximum Gasteiger partial charge on any atom is 0.321 e. The van der Waals surface area contributed by atoms with Crippen molar-refractivity contribution in [2.24, 2.45) is 0 Å². The second kappa shape index (κ2) is 4.89. The minimum atomic E-state index is -0.843. The minimum Gasteiger partial charge on any atom is -0.480 e. The number of halogens is 1. The van der Waals surface area contributed by atoms with Crippen LogP contribution < -0.4 is 5.32 Å². The molecule has 1 heterocycles. The summed E-state index contributed by atoms with van der Waals surface area (Å²) in [7, 11) is 1.65. The molecule has 0 aliphatic rings. The Hall–Kier alpha value is -1.33. The quantitative estimate of drug-likeness (QED) is 0.810. The normalized spacial score (nSPS) is 12.8. The Kier molecular flexibility index (Phi) is 3.49. The van der Waals surface area contributed by atoms with E-state index in [-0.39, 0.29) is 0 Å². The highest BCUT2D eigenvalue weighted by atomic mass is 79.9. The van der Waals surface area contributed by atoms with Crippen LogP contribution in [0.4, 0.5) is 0 Å². The van der Waals surface area contributed by atoms with Gasteiger partial charge in [0.1, 0.15) is 6.04 Å². The average molecular weight is 297 g/mol.